The molecule has 2 aromatic rings. The van der Waals surface area contributed by atoms with Crippen LogP contribution in [0.1, 0.15) is 46.0 Å². The summed E-state index contributed by atoms with van der Waals surface area (Å²) in [5.41, 5.74) is 9.32. The zero-order chi connectivity index (χ0) is 20.6. The zero-order valence-electron chi connectivity index (χ0n) is 17.6. The molecule has 0 radical (unpaired) electrons. The largest absolute Gasteiger partial charge is 0.373 e. The van der Waals surface area contributed by atoms with E-state index >= 15 is 0 Å². The van der Waals surface area contributed by atoms with Crippen molar-refractivity contribution < 1.29 is 9.53 Å². The number of carbonyl (C=O) groups excluding carboxylic acids is 1. The average molecular weight is 522 g/mol. The molecule has 1 saturated heterocycles. The minimum absolute atomic E-state index is 0. The van der Waals surface area contributed by atoms with Gasteiger partial charge in [0, 0.05) is 38.2 Å². The Morgan fingerprint density at radius 2 is 1.97 bits per heavy atom. The number of primary amides is 1. The smallest absolute Gasteiger partial charge is 0.248 e. The van der Waals surface area contributed by atoms with Crippen molar-refractivity contribution in [3.8, 4) is 0 Å². The number of nitrogens with two attached hydrogens (primary N) is 1. The second kappa shape index (κ2) is 11.9. The summed E-state index contributed by atoms with van der Waals surface area (Å²) in [5, 5.41) is 6.72. The summed E-state index contributed by atoms with van der Waals surface area (Å²) in [6, 6.07) is 15.9. The maximum Gasteiger partial charge on any atom is 0.248 e. The SMILES string of the molecule is CN=C(NCc1cccc(C(N)=O)c1)NCC1CCCOC1c1ccc(C)cc1.I. The monoisotopic (exact) mass is 522 g/mol. The van der Waals surface area contributed by atoms with Gasteiger partial charge in [-0.25, -0.2) is 0 Å². The van der Waals surface area contributed by atoms with Crippen molar-refractivity contribution in [3.63, 3.8) is 0 Å². The van der Waals surface area contributed by atoms with Crippen molar-refractivity contribution >= 4 is 35.8 Å². The number of carbonyl (C=O) groups is 1. The Balaban J connectivity index is 0.00000320. The van der Waals surface area contributed by atoms with Gasteiger partial charge in [0.2, 0.25) is 5.91 Å². The van der Waals surface area contributed by atoms with E-state index in [0.717, 1.165) is 37.5 Å². The molecule has 4 N–H and O–H groups in total. The molecule has 1 aliphatic heterocycles. The van der Waals surface area contributed by atoms with Gasteiger partial charge in [-0.2, -0.15) is 0 Å². The van der Waals surface area contributed by atoms with Gasteiger partial charge in [0.15, 0.2) is 5.96 Å². The van der Waals surface area contributed by atoms with E-state index in [4.69, 9.17) is 10.5 Å². The van der Waals surface area contributed by atoms with Gasteiger partial charge < -0.3 is 21.1 Å². The van der Waals surface area contributed by atoms with Crippen LogP contribution in [0.15, 0.2) is 53.5 Å². The maximum absolute atomic E-state index is 11.3. The molecule has 0 aromatic heterocycles. The molecule has 0 bridgehead atoms. The van der Waals surface area contributed by atoms with Crippen LogP contribution in [0.4, 0.5) is 0 Å². The summed E-state index contributed by atoms with van der Waals surface area (Å²) in [6.07, 6.45) is 2.28. The highest BCUT2D eigenvalue weighted by Gasteiger charge is 2.27. The number of aliphatic imine (C=N–C) groups is 1. The van der Waals surface area contributed by atoms with Gasteiger partial charge in [-0.15, -0.1) is 24.0 Å². The molecule has 2 unspecified atom stereocenters. The van der Waals surface area contributed by atoms with Crippen LogP contribution in [0, 0.1) is 12.8 Å². The van der Waals surface area contributed by atoms with Gasteiger partial charge >= 0.3 is 0 Å². The number of rotatable bonds is 6. The lowest BCUT2D eigenvalue weighted by molar-refractivity contribution is -0.0265. The molecule has 2 aromatic carbocycles. The van der Waals surface area contributed by atoms with E-state index in [0.29, 0.717) is 18.0 Å². The van der Waals surface area contributed by atoms with Crippen LogP contribution in [0.25, 0.3) is 0 Å². The van der Waals surface area contributed by atoms with E-state index in [1.54, 1.807) is 19.2 Å². The van der Waals surface area contributed by atoms with Crippen molar-refractivity contribution in [1.29, 1.82) is 0 Å². The molecule has 7 heteroatoms. The van der Waals surface area contributed by atoms with Gasteiger partial charge in [-0.05, 0) is 43.0 Å². The second-order valence-corrected chi connectivity index (χ2v) is 7.48. The molecule has 0 spiro atoms. The second-order valence-electron chi connectivity index (χ2n) is 7.48. The molecular weight excluding hydrogens is 491 g/mol. The van der Waals surface area contributed by atoms with E-state index in [-0.39, 0.29) is 30.1 Å². The molecule has 1 aliphatic rings. The quantitative estimate of drug-likeness (QED) is 0.308. The molecule has 6 nitrogen and oxygen atoms in total. The van der Waals surface area contributed by atoms with E-state index in [1.165, 1.54) is 11.1 Å². The Bertz CT molecular complexity index is 855. The van der Waals surface area contributed by atoms with Crippen LogP contribution < -0.4 is 16.4 Å². The highest BCUT2D eigenvalue weighted by atomic mass is 127. The molecule has 1 fully saturated rings. The number of ether oxygens (including phenoxy) is 1. The first-order chi connectivity index (χ1) is 14.1. The molecule has 30 heavy (non-hydrogen) atoms. The highest BCUT2D eigenvalue weighted by molar-refractivity contribution is 14.0. The number of guanidine groups is 1. The van der Waals surface area contributed by atoms with Gasteiger partial charge in [-0.1, -0.05) is 42.0 Å². The van der Waals surface area contributed by atoms with Crippen LogP contribution in [-0.2, 0) is 11.3 Å². The van der Waals surface area contributed by atoms with Gasteiger partial charge in [-0.3, -0.25) is 9.79 Å². The van der Waals surface area contributed by atoms with Gasteiger partial charge in [0.05, 0.1) is 6.10 Å². The summed E-state index contributed by atoms with van der Waals surface area (Å²) in [4.78, 5) is 15.7. The molecule has 0 saturated carbocycles. The van der Waals surface area contributed by atoms with Crippen LogP contribution in [0.2, 0.25) is 0 Å². The first kappa shape index (κ1) is 24.1. The van der Waals surface area contributed by atoms with Crippen LogP contribution in [0.5, 0.6) is 0 Å². The zero-order valence-corrected chi connectivity index (χ0v) is 19.9. The van der Waals surface area contributed by atoms with Crippen molar-refractivity contribution in [2.75, 3.05) is 20.2 Å². The number of benzene rings is 2. The third-order valence-corrected chi connectivity index (χ3v) is 5.28. The first-order valence-electron chi connectivity index (χ1n) is 10.1. The van der Waals surface area contributed by atoms with Crippen LogP contribution in [-0.4, -0.2) is 32.1 Å². The lowest BCUT2D eigenvalue weighted by Crippen LogP contribution is -2.41. The van der Waals surface area contributed by atoms with Crippen molar-refractivity contribution in [2.24, 2.45) is 16.6 Å². The molecule has 2 atom stereocenters. The minimum Gasteiger partial charge on any atom is -0.373 e. The summed E-state index contributed by atoms with van der Waals surface area (Å²) in [7, 11) is 1.75. The molecule has 162 valence electrons. The van der Waals surface area contributed by atoms with E-state index in [2.05, 4.69) is 46.8 Å². The highest BCUT2D eigenvalue weighted by Crippen LogP contribution is 2.33. The molecule has 1 heterocycles. The van der Waals surface area contributed by atoms with E-state index < -0.39 is 5.91 Å². The topological polar surface area (TPSA) is 88.7 Å². The fraction of sp³-hybridized carbons (Fsp3) is 0.391. The number of nitrogens with zero attached hydrogens (tertiary/aromatic N) is 1. The molecule has 1 amide bonds. The summed E-state index contributed by atoms with van der Waals surface area (Å²) < 4.78 is 6.10. The number of halogens is 1. The molecular formula is C23H31IN4O2. The fourth-order valence-corrected chi connectivity index (χ4v) is 3.65. The fourth-order valence-electron chi connectivity index (χ4n) is 3.65. The number of amides is 1. The normalized spacial score (nSPS) is 18.9. The number of nitrogens with one attached hydrogen (secondary N) is 2. The Morgan fingerprint density at radius 1 is 1.20 bits per heavy atom. The molecule has 3 rings (SSSR count). The Hall–Kier alpha value is -2.13. The summed E-state index contributed by atoms with van der Waals surface area (Å²) in [6.45, 7) is 4.24. The molecule has 0 aliphatic carbocycles. The Labute approximate surface area is 195 Å². The van der Waals surface area contributed by atoms with Crippen molar-refractivity contribution in [2.45, 2.75) is 32.4 Å². The average Bonchev–Trinajstić information content (AvgIpc) is 2.75. The predicted molar refractivity (Wildman–Crippen MR) is 131 cm³/mol. The van der Waals surface area contributed by atoms with Crippen molar-refractivity contribution in [3.05, 3.63) is 70.8 Å². The number of aryl methyl sites for hydroxylation is 1. The van der Waals surface area contributed by atoms with E-state index in [9.17, 15) is 4.79 Å². The lowest BCUT2D eigenvalue weighted by Gasteiger charge is -2.32. The standard InChI is InChI=1S/C23H30N4O2.HI/c1-16-8-10-18(11-9-16)21-20(7-4-12-29-21)15-27-23(25-2)26-14-17-5-3-6-19(13-17)22(24)28;/h3,5-6,8-11,13,20-21H,4,7,12,14-15H2,1-2H3,(H2,24,28)(H2,25,26,27);1H. The van der Waals surface area contributed by atoms with Gasteiger partial charge in [0.1, 0.15) is 0 Å². The van der Waals surface area contributed by atoms with Crippen LogP contribution >= 0.6 is 24.0 Å². The first-order valence-corrected chi connectivity index (χ1v) is 10.1. The summed E-state index contributed by atoms with van der Waals surface area (Å²) >= 11 is 0. The summed E-state index contributed by atoms with van der Waals surface area (Å²) in [5.74, 6) is 0.680. The maximum atomic E-state index is 11.3. The van der Waals surface area contributed by atoms with Crippen LogP contribution in [0.3, 0.4) is 0 Å². The predicted octanol–water partition coefficient (Wildman–Crippen LogP) is 3.54. The Kier molecular flexibility index (Phi) is 9.58. The lowest BCUT2D eigenvalue weighted by atomic mass is 9.89. The van der Waals surface area contributed by atoms with E-state index in [1.807, 2.05) is 12.1 Å². The van der Waals surface area contributed by atoms with Crippen molar-refractivity contribution in [1.82, 2.24) is 10.6 Å². The third-order valence-electron chi connectivity index (χ3n) is 5.28. The number of hydrogen-bond acceptors (Lipinski definition) is 3. The minimum atomic E-state index is -0.422. The van der Waals surface area contributed by atoms with Gasteiger partial charge in [0.25, 0.3) is 0 Å². The number of hydrogen-bond donors (Lipinski definition) is 3. The third kappa shape index (κ3) is 6.70. The Morgan fingerprint density at radius 3 is 2.67 bits per heavy atom.